The van der Waals surface area contributed by atoms with E-state index < -0.39 is 5.82 Å². The van der Waals surface area contributed by atoms with E-state index in [9.17, 15) is 9.18 Å². The molecule has 0 saturated heterocycles. The molecule has 0 saturated carbocycles. The predicted molar refractivity (Wildman–Crippen MR) is 80.7 cm³/mol. The highest BCUT2D eigenvalue weighted by atomic mass is 79.9. The molecule has 0 aliphatic heterocycles. The zero-order chi connectivity index (χ0) is 14.0. The van der Waals surface area contributed by atoms with Gasteiger partial charge in [-0.3, -0.25) is 4.79 Å². The summed E-state index contributed by atoms with van der Waals surface area (Å²) in [7, 11) is 0. The number of Topliss-reactive ketones (excluding diaryl/α,β-unsaturated/α-hetero) is 1. The fraction of sp³-hybridized carbons (Fsp3) is 0.0714. The van der Waals surface area contributed by atoms with Crippen LogP contribution in [0.1, 0.15) is 15.9 Å². The fourth-order valence-corrected chi connectivity index (χ4v) is 2.35. The number of halogens is 3. The summed E-state index contributed by atoms with van der Waals surface area (Å²) in [5.41, 5.74) is 7.10. The largest absolute Gasteiger partial charge is 0.398 e. The zero-order valence-electron chi connectivity index (χ0n) is 9.79. The molecule has 2 rings (SSSR count). The molecule has 2 aromatic carbocycles. The summed E-state index contributed by atoms with van der Waals surface area (Å²) in [5.74, 6) is -0.542. The molecule has 0 bridgehead atoms. The second-order valence-electron chi connectivity index (χ2n) is 4.07. The Kier molecular flexibility index (Phi) is 4.37. The highest BCUT2D eigenvalue weighted by molar-refractivity contribution is 9.10. The van der Waals surface area contributed by atoms with Gasteiger partial charge in [0.2, 0.25) is 0 Å². The summed E-state index contributed by atoms with van der Waals surface area (Å²) < 4.78 is 15.0. The molecule has 2 N–H and O–H groups in total. The number of nitrogens with two attached hydrogens (primary N) is 1. The molecule has 0 amide bonds. The van der Waals surface area contributed by atoms with Crippen LogP contribution in [0.4, 0.5) is 10.1 Å². The molecule has 0 aliphatic rings. The minimum atomic E-state index is -0.391. The second kappa shape index (κ2) is 5.84. The van der Waals surface area contributed by atoms with Crippen molar-refractivity contribution in [1.82, 2.24) is 0 Å². The van der Waals surface area contributed by atoms with E-state index in [0.29, 0.717) is 25.8 Å². The molecule has 98 valence electrons. The Bertz CT molecular complexity index is 643. The number of anilines is 1. The van der Waals surface area contributed by atoms with Crippen molar-refractivity contribution in [3.05, 3.63) is 62.3 Å². The van der Waals surface area contributed by atoms with Crippen LogP contribution in [0.3, 0.4) is 0 Å². The van der Waals surface area contributed by atoms with E-state index in [-0.39, 0.29) is 12.2 Å². The van der Waals surface area contributed by atoms with Crippen LogP contribution in [-0.4, -0.2) is 5.78 Å². The molecule has 0 heterocycles. The minimum Gasteiger partial charge on any atom is -0.398 e. The number of benzene rings is 2. The average molecular weight is 387 g/mol. The van der Waals surface area contributed by atoms with Gasteiger partial charge in [-0.05, 0) is 51.8 Å². The van der Waals surface area contributed by atoms with Gasteiger partial charge in [-0.15, -0.1) is 0 Å². The van der Waals surface area contributed by atoms with Gasteiger partial charge in [0.1, 0.15) is 5.82 Å². The number of hydrogen-bond acceptors (Lipinski definition) is 2. The maximum Gasteiger partial charge on any atom is 0.167 e. The molecule has 0 unspecified atom stereocenters. The summed E-state index contributed by atoms with van der Waals surface area (Å²) in [6, 6.07) is 9.60. The first kappa shape index (κ1) is 14.2. The highest BCUT2D eigenvalue weighted by Gasteiger charge is 2.12. The Morgan fingerprint density at radius 1 is 1.16 bits per heavy atom. The monoisotopic (exact) mass is 385 g/mol. The standard InChI is InChI=1S/C14H10Br2FNO/c15-10-3-1-8(12(17)7-10)6-14(19)9-2-4-13(18)11(16)5-9/h1-5,7H,6,18H2. The number of hydrogen-bond donors (Lipinski definition) is 1. The van der Waals surface area contributed by atoms with E-state index in [1.165, 1.54) is 6.07 Å². The van der Waals surface area contributed by atoms with E-state index in [2.05, 4.69) is 31.9 Å². The lowest BCUT2D eigenvalue weighted by Gasteiger charge is -2.05. The van der Waals surface area contributed by atoms with E-state index in [1.807, 2.05) is 0 Å². The van der Waals surface area contributed by atoms with Crippen molar-refractivity contribution < 1.29 is 9.18 Å². The van der Waals surface area contributed by atoms with Crippen molar-refractivity contribution in [2.24, 2.45) is 0 Å². The van der Waals surface area contributed by atoms with Crippen molar-refractivity contribution in [1.29, 1.82) is 0 Å². The molecule has 0 aliphatic carbocycles. The minimum absolute atomic E-state index is 0.0233. The number of ketones is 1. The summed E-state index contributed by atoms with van der Waals surface area (Å²) in [4.78, 5) is 12.1. The topological polar surface area (TPSA) is 43.1 Å². The van der Waals surface area contributed by atoms with E-state index in [4.69, 9.17) is 5.73 Å². The maximum absolute atomic E-state index is 13.7. The molecule has 0 radical (unpaired) electrons. The van der Waals surface area contributed by atoms with E-state index in [0.717, 1.165) is 0 Å². The van der Waals surface area contributed by atoms with Crippen LogP contribution >= 0.6 is 31.9 Å². The number of carbonyl (C=O) groups is 1. The smallest absolute Gasteiger partial charge is 0.167 e. The van der Waals surface area contributed by atoms with Crippen LogP contribution in [-0.2, 0) is 6.42 Å². The second-order valence-corrected chi connectivity index (χ2v) is 5.84. The van der Waals surface area contributed by atoms with Gasteiger partial charge >= 0.3 is 0 Å². The van der Waals surface area contributed by atoms with Crippen molar-refractivity contribution in [2.45, 2.75) is 6.42 Å². The lowest BCUT2D eigenvalue weighted by Crippen LogP contribution is -2.05. The van der Waals surface area contributed by atoms with Gasteiger partial charge in [0.05, 0.1) is 0 Å². The van der Waals surface area contributed by atoms with Gasteiger partial charge in [-0.1, -0.05) is 22.0 Å². The summed E-state index contributed by atoms with van der Waals surface area (Å²) in [6.07, 6.45) is 0.0233. The molecule has 5 heteroatoms. The molecular formula is C14H10Br2FNO. The first-order valence-electron chi connectivity index (χ1n) is 5.49. The third kappa shape index (κ3) is 3.42. The number of nitrogen functional groups attached to an aromatic ring is 1. The lowest BCUT2D eigenvalue weighted by molar-refractivity contribution is 0.0992. The Labute approximate surface area is 127 Å². The molecule has 19 heavy (non-hydrogen) atoms. The van der Waals surface area contributed by atoms with Crippen molar-refractivity contribution in [2.75, 3.05) is 5.73 Å². The van der Waals surface area contributed by atoms with Gasteiger partial charge in [0.15, 0.2) is 5.78 Å². The Balaban J connectivity index is 2.23. The predicted octanol–water partition coefficient (Wildman–Crippen LogP) is 4.36. The van der Waals surface area contributed by atoms with Crippen molar-refractivity contribution in [3.8, 4) is 0 Å². The molecule has 2 aromatic rings. The molecule has 0 aromatic heterocycles. The summed E-state index contributed by atoms with van der Waals surface area (Å²) >= 11 is 6.45. The summed E-state index contributed by atoms with van der Waals surface area (Å²) in [5, 5.41) is 0. The zero-order valence-corrected chi connectivity index (χ0v) is 13.0. The first-order valence-corrected chi connectivity index (χ1v) is 7.08. The summed E-state index contributed by atoms with van der Waals surface area (Å²) in [6.45, 7) is 0. The normalized spacial score (nSPS) is 10.5. The molecule has 2 nitrogen and oxygen atoms in total. The molecule has 0 spiro atoms. The van der Waals surface area contributed by atoms with Crippen LogP contribution in [0.15, 0.2) is 45.3 Å². The van der Waals surface area contributed by atoms with Crippen LogP contribution < -0.4 is 5.73 Å². The first-order chi connectivity index (χ1) is 8.97. The lowest BCUT2D eigenvalue weighted by atomic mass is 10.0. The van der Waals surface area contributed by atoms with Crippen molar-refractivity contribution in [3.63, 3.8) is 0 Å². The van der Waals surface area contributed by atoms with E-state index >= 15 is 0 Å². The number of rotatable bonds is 3. The average Bonchev–Trinajstić information content (AvgIpc) is 2.36. The van der Waals surface area contributed by atoms with Gasteiger partial charge < -0.3 is 5.73 Å². The Hall–Kier alpha value is -1.20. The van der Waals surface area contributed by atoms with Crippen molar-refractivity contribution >= 4 is 43.3 Å². The highest BCUT2D eigenvalue weighted by Crippen LogP contribution is 2.22. The van der Waals surface area contributed by atoms with Gasteiger partial charge in [0.25, 0.3) is 0 Å². The molecule has 0 fully saturated rings. The van der Waals surface area contributed by atoms with Gasteiger partial charge in [-0.25, -0.2) is 4.39 Å². The Morgan fingerprint density at radius 3 is 2.53 bits per heavy atom. The Morgan fingerprint density at radius 2 is 1.89 bits per heavy atom. The third-order valence-electron chi connectivity index (χ3n) is 2.69. The third-order valence-corrected chi connectivity index (χ3v) is 3.87. The quantitative estimate of drug-likeness (QED) is 0.629. The van der Waals surface area contributed by atoms with Gasteiger partial charge in [0, 0.05) is 26.6 Å². The van der Waals surface area contributed by atoms with E-state index in [1.54, 1.807) is 30.3 Å². The number of carbonyl (C=O) groups excluding carboxylic acids is 1. The van der Waals surface area contributed by atoms with Gasteiger partial charge in [-0.2, -0.15) is 0 Å². The van der Waals surface area contributed by atoms with Crippen LogP contribution in [0.5, 0.6) is 0 Å². The maximum atomic E-state index is 13.7. The molecule has 0 atom stereocenters. The van der Waals surface area contributed by atoms with Crippen LogP contribution in [0.25, 0.3) is 0 Å². The SMILES string of the molecule is Nc1ccc(C(=O)Cc2ccc(Br)cc2F)cc1Br. The van der Waals surface area contributed by atoms with Crippen LogP contribution in [0, 0.1) is 5.82 Å². The molecular weight excluding hydrogens is 377 g/mol. The van der Waals surface area contributed by atoms with Crippen LogP contribution in [0.2, 0.25) is 0 Å². The fourth-order valence-electron chi connectivity index (χ4n) is 1.64.